The van der Waals surface area contributed by atoms with Crippen LogP contribution in [0.4, 0.5) is 0 Å². The third-order valence-electron chi connectivity index (χ3n) is 4.08. The van der Waals surface area contributed by atoms with Crippen molar-refractivity contribution in [2.75, 3.05) is 0 Å². The topological polar surface area (TPSA) is 44.5 Å². The number of furan rings is 1. The predicted molar refractivity (Wildman–Crippen MR) is 89.9 cm³/mol. The number of benzene rings is 1. The van der Waals surface area contributed by atoms with Gasteiger partial charge in [-0.15, -0.1) is 11.6 Å². The van der Waals surface area contributed by atoms with Gasteiger partial charge in [-0.3, -0.25) is 4.98 Å². The fourth-order valence-electron chi connectivity index (χ4n) is 2.89. The van der Waals surface area contributed by atoms with Crippen molar-refractivity contribution in [3.63, 3.8) is 0 Å². The van der Waals surface area contributed by atoms with Crippen LogP contribution in [0.15, 0.2) is 59.3 Å². The summed E-state index contributed by atoms with van der Waals surface area (Å²) in [6.45, 7) is 0.922. The summed E-state index contributed by atoms with van der Waals surface area (Å²) in [7, 11) is 0. The van der Waals surface area contributed by atoms with Gasteiger partial charge in [-0.05, 0) is 17.7 Å². The summed E-state index contributed by atoms with van der Waals surface area (Å²) in [6, 6.07) is 13.8. The number of ether oxygens (including phenoxy) is 2. The quantitative estimate of drug-likeness (QED) is 0.635. The van der Waals surface area contributed by atoms with E-state index in [2.05, 4.69) is 4.98 Å². The number of halogens is 1. The van der Waals surface area contributed by atoms with Crippen molar-refractivity contribution in [3.05, 3.63) is 83.1 Å². The van der Waals surface area contributed by atoms with Crippen molar-refractivity contribution in [2.45, 2.75) is 25.2 Å². The normalized spacial score (nSPS) is 16.1. The Balaban J connectivity index is 1.66. The van der Waals surface area contributed by atoms with Gasteiger partial charge in [-0.1, -0.05) is 30.3 Å². The van der Waals surface area contributed by atoms with Gasteiger partial charge in [0.1, 0.15) is 24.2 Å². The predicted octanol–water partition coefficient (Wildman–Crippen LogP) is 4.61. The second kappa shape index (κ2) is 6.67. The number of aromatic nitrogens is 1. The number of fused-ring (bicyclic) bond motifs is 1. The summed E-state index contributed by atoms with van der Waals surface area (Å²) in [5.74, 6) is 1.78. The molecule has 24 heavy (non-hydrogen) atoms. The monoisotopic (exact) mass is 341 g/mol. The molecule has 0 N–H and O–H groups in total. The minimum atomic E-state index is -0.244. The summed E-state index contributed by atoms with van der Waals surface area (Å²) in [5, 5.41) is 0. The van der Waals surface area contributed by atoms with E-state index in [9.17, 15) is 0 Å². The van der Waals surface area contributed by atoms with Crippen LogP contribution in [0.25, 0.3) is 0 Å². The molecule has 2 aromatic heterocycles. The number of hydrogen-bond donors (Lipinski definition) is 0. The van der Waals surface area contributed by atoms with E-state index in [0.29, 0.717) is 19.1 Å². The second-order valence-corrected chi connectivity index (χ2v) is 5.85. The van der Waals surface area contributed by atoms with Gasteiger partial charge in [0.2, 0.25) is 0 Å². The van der Waals surface area contributed by atoms with Crippen molar-refractivity contribution in [2.24, 2.45) is 0 Å². The molecular formula is C19H16ClNO3. The largest absolute Gasteiger partial charge is 0.487 e. The van der Waals surface area contributed by atoms with Crippen LogP contribution in [0.3, 0.4) is 0 Å². The molecule has 1 aliphatic heterocycles. The third kappa shape index (κ3) is 2.79. The molecule has 1 atom stereocenters. The Bertz CT molecular complexity index is 818. The van der Waals surface area contributed by atoms with Crippen LogP contribution in [0.2, 0.25) is 0 Å². The molecule has 0 radical (unpaired) electrons. The summed E-state index contributed by atoms with van der Waals surface area (Å²) in [6.07, 6.45) is 3.21. The first-order valence-corrected chi connectivity index (χ1v) is 8.28. The second-order valence-electron chi connectivity index (χ2n) is 5.58. The van der Waals surface area contributed by atoms with Gasteiger partial charge in [0.05, 0.1) is 24.4 Å². The highest BCUT2D eigenvalue weighted by molar-refractivity contribution is 6.17. The fraction of sp³-hybridized carbons (Fsp3) is 0.211. The van der Waals surface area contributed by atoms with Crippen molar-refractivity contribution in [1.82, 2.24) is 4.98 Å². The van der Waals surface area contributed by atoms with E-state index in [0.717, 1.165) is 33.9 Å². The molecule has 0 aliphatic carbocycles. The van der Waals surface area contributed by atoms with Crippen molar-refractivity contribution < 1.29 is 13.9 Å². The van der Waals surface area contributed by atoms with E-state index in [1.165, 1.54) is 0 Å². The molecule has 1 unspecified atom stereocenters. The van der Waals surface area contributed by atoms with Crippen molar-refractivity contribution >= 4 is 11.6 Å². The Kier molecular flexibility index (Phi) is 4.24. The van der Waals surface area contributed by atoms with Gasteiger partial charge in [0.25, 0.3) is 0 Å². The summed E-state index contributed by atoms with van der Waals surface area (Å²) in [5.41, 5.74) is 3.80. The van der Waals surface area contributed by atoms with E-state index in [4.69, 9.17) is 25.5 Å². The molecule has 5 heteroatoms. The molecule has 1 aromatic carbocycles. The molecule has 3 heterocycles. The van der Waals surface area contributed by atoms with Crippen LogP contribution in [-0.2, 0) is 23.8 Å². The lowest BCUT2D eigenvalue weighted by Gasteiger charge is -2.14. The SMILES string of the molecule is ClCc1ncc2c(c1OCc1ccccc1)COC2c1ccco1. The molecule has 0 saturated carbocycles. The van der Waals surface area contributed by atoms with Crippen molar-refractivity contribution in [3.8, 4) is 5.75 Å². The molecule has 3 aromatic rings. The number of pyridine rings is 1. The molecule has 4 nitrogen and oxygen atoms in total. The molecule has 1 aliphatic rings. The van der Waals surface area contributed by atoms with Crippen LogP contribution in [0.1, 0.15) is 34.2 Å². The van der Waals surface area contributed by atoms with Gasteiger partial charge in [0.15, 0.2) is 0 Å². The molecule has 122 valence electrons. The first-order valence-electron chi connectivity index (χ1n) is 7.75. The summed E-state index contributed by atoms with van der Waals surface area (Å²) in [4.78, 5) is 4.46. The van der Waals surface area contributed by atoms with Gasteiger partial charge >= 0.3 is 0 Å². The average molecular weight is 342 g/mol. The highest BCUT2D eigenvalue weighted by Gasteiger charge is 2.31. The minimum absolute atomic E-state index is 0.244. The van der Waals surface area contributed by atoms with E-state index in [1.807, 2.05) is 48.7 Å². The molecule has 4 rings (SSSR count). The van der Waals surface area contributed by atoms with Crippen molar-refractivity contribution in [1.29, 1.82) is 0 Å². The summed E-state index contributed by atoms with van der Waals surface area (Å²) < 4.78 is 17.4. The van der Waals surface area contributed by atoms with Gasteiger partial charge < -0.3 is 13.9 Å². The smallest absolute Gasteiger partial charge is 0.148 e. The Morgan fingerprint density at radius 2 is 2.04 bits per heavy atom. The number of nitrogens with zero attached hydrogens (tertiary/aromatic N) is 1. The maximum absolute atomic E-state index is 6.07. The van der Waals surface area contributed by atoms with E-state index in [1.54, 1.807) is 6.26 Å². The first kappa shape index (κ1) is 15.2. The van der Waals surface area contributed by atoms with Crippen LogP contribution >= 0.6 is 11.6 Å². The third-order valence-corrected chi connectivity index (χ3v) is 4.33. The molecule has 0 amide bonds. The lowest BCUT2D eigenvalue weighted by Crippen LogP contribution is -2.04. The molecular weight excluding hydrogens is 326 g/mol. The highest BCUT2D eigenvalue weighted by Crippen LogP contribution is 2.41. The lowest BCUT2D eigenvalue weighted by atomic mass is 10.0. The minimum Gasteiger partial charge on any atom is -0.487 e. The van der Waals surface area contributed by atoms with Crippen LogP contribution in [0, 0.1) is 0 Å². The number of hydrogen-bond acceptors (Lipinski definition) is 4. The molecule has 0 fully saturated rings. The Morgan fingerprint density at radius 1 is 1.17 bits per heavy atom. The Hall–Kier alpha value is -2.30. The van der Waals surface area contributed by atoms with E-state index < -0.39 is 0 Å². The van der Waals surface area contributed by atoms with E-state index in [-0.39, 0.29) is 6.10 Å². The molecule has 0 spiro atoms. The fourth-order valence-corrected chi connectivity index (χ4v) is 3.08. The number of rotatable bonds is 5. The van der Waals surface area contributed by atoms with Gasteiger partial charge in [-0.25, -0.2) is 0 Å². The lowest BCUT2D eigenvalue weighted by molar-refractivity contribution is 0.0776. The first-order chi connectivity index (χ1) is 11.9. The molecule has 0 bridgehead atoms. The Labute approximate surface area is 145 Å². The maximum Gasteiger partial charge on any atom is 0.148 e. The zero-order valence-corrected chi connectivity index (χ0v) is 13.7. The average Bonchev–Trinajstić information content (AvgIpc) is 3.29. The number of alkyl halides is 1. The zero-order chi connectivity index (χ0) is 16.4. The van der Waals surface area contributed by atoms with E-state index >= 15 is 0 Å². The zero-order valence-electron chi connectivity index (χ0n) is 12.9. The van der Waals surface area contributed by atoms with Crippen LogP contribution in [-0.4, -0.2) is 4.98 Å². The van der Waals surface area contributed by atoms with Gasteiger partial charge in [0, 0.05) is 17.3 Å². The van der Waals surface area contributed by atoms with Gasteiger partial charge in [-0.2, -0.15) is 0 Å². The summed E-state index contributed by atoms with van der Waals surface area (Å²) >= 11 is 6.05. The maximum atomic E-state index is 6.07. The standard InChI is InChI=1S/C19H16ClNO3/c20-9-16-18(23-11-13-5-2-1-3-6-13)15-12-24-19(14(15)10-21-16)17-7-4-8-22-17/h1-8,10,19H,9,11-12H2. The highest BCUT2D eigenvalue weighted by atomic mass is 35.5. The van der Waals surface area contributed by atoms with Crippen LogP contribution < -0.4 is 4.74 Å². The van der Waals surface area contributed by atoms with Crippen LogP contribution in [0.5, 0.6) is 5.75 Å². The Morgan fingerprint density at radius 3 is 2.79 bits per heavy atom. The molecule has 0 saturated heterocycles.